The molecule has 1 aromatic carbocycles. The van der Waals surface area contributed by atoms with Gasteiger partial charge in [0.15, 0.2) is 0 Å². The van der Waals surface area contributed by atoms with Gasteiger partial charge in [0.05, 0.1) is 7.11 Å². The number of nitrogens with one attached hydrogen (secondary N) is 1. The van der Waals surface area contributed by atoms with Gasteiger partial charge in [0.1, 0.15) is 0 Å². The third-order valence-corrected chi connectivity index (χ3v) is 4.82. The second kappa shape index (κ2) is 6.16. The van der Waals surface area contributed by atoms with Crippen LogP contribution >= 0.6 is 0 Å². The van der Waals surface area contributed by atoms with E-state index in [9.17, 15) is 4.79 Å². The van der Waals surface area contributed by atoms with Gasteiger partial charge in [-0.2, -0.15) is 0 Å². The zero-order valence-corrected chi connectivity index (χ0v) is 12.7. The number of piperazine rings is 1. The number of benzene rings is 1. The summed E-state index contributed by atoms with van der Waals surface area (Å²) in [7, 11) is 1.46. The Bertz CT molecular complexity index is 485. The third kappa shape index (κ3) is 3.27. The lowest BCUT2D eigenvalue weighted by Gasteiger charge is -2.41. The number of rotatable bonds is 5. The zero-order chi connectivity index (χ0) is 14.7. The number of hydrogen-bond acceptors (Lipinski definition) is 4. The Kier molecular flexibility index (Phi) is 4.27. The summed E-state index contributed by atoms with van der Waals surface area (Å²) >= 11 is 0. The summed E-state index contributed by atoms with van der Waals surface area (Å²) in [5.41, 5.74) is 1.72. The quantitative estimate of drug-likeness (QED) is 0.843. The number of hydrogen-bond donors (Lipinski definition) is 1. The summed E-state index contributed by atoms with van der Waals surface area (Å²) in [6, 6.07) is 11.0. The highest BCUT2D eigenvalue weighted by Crippen LogP contribution is 2.44. The molecule has 1 spiro atoms. The third-order valence-electron chi connectivity index (χ3n) is 4.82. The van der Waals surface area contributed by atoms with E-state index >= 15 is 0 Å². The fraction of sp³-hybridized carbons (Fsp3) is 0.588. The monoisotopic (exact) mass is 288 g/mol. The van der Waals surface area contributed by atoms with Crippen molar-refractivity contribution in [1.82, 2.24) is 10.2 Å². The van der Waals surface area contributed by atoms with Crippen LogP contribution in [-0.4, -0.2) is 43.2 Å². The number of carbonyl (C=O) groups is 1. The first kappa shape index (κ1) is 14.5. The van der Waals surface area contributed by atoms with Crippen LogP contribution in [0.1, 0.15) is 37.3 Å². The van der Waals surface area contributed by atoms with Crippen LogP contribution in [0.2, 0.25) is 0 Å². The number of esters is 1. The second-order valence-corrected chi connectivity index (χ2v) is 6.19. The van der Waals surface area contributed by atoms with Gasteiger partial charge in [-0.25, -0.2) is 0 Å². The first-order valence-electron chi connectivity index (χ1n) is 7.84. The molecule has 21 heavy (non-hydrogen) atoms. The predicted molar refractivity (Wildman–Crippen MR) is 82.0 cm³/mol. The van der Waals surface area contributed by atoms with Gasteiger partial charge in [-0.15, -0.1) is 0 Å². The standard InChI is InChI=1S/C17H24N2O2/c1-21-16(20)8-5-11-19-12-15(14-6-3-2-4-7-14)18-13-17(19)9-10-17/h2-4,6-7,15,18H,5,8-13H2,1H3/t15-/m1/s1. The van der Waals surface area contributed by atoms with Gasteiger partial charge in [-0.3, -0.25) is 9.69 Å². The lowest BCUT2D eigenvalue weighted by atomic mass is 10.0. The maximum atomic E-state index is 11.3. The smallest absolute Gasteiger partial charge is 0.305 e. The van der Waals surface area contributed by atoms with Gasteiger partial charge in [0, 0.05) is 31.1 Å². The highest BCUT2D eigenvalue weighted by atomic mass is 16.5. The van der Waals surface area contributed by atoms with Crippen LogP contribution in [0.4, 0.5) is 0 Å². The van der Waals surface area contributed by atoms with E-state index in [1.54, 1.807) is 0 Å². The van der Waals surface area contributed by atoms with Gasteiger partial charge < -0.3 is 10.1 Å². The molecule has 0 bridgehead atoms. The molecular formula is C17H24N2O2. The molecule has 2 fully saturated rings. The van der Waals surface area contributed by atoms with Crippen molar-refractivity contribution in [2.45, 2.75) is 37.3 Å². The van der Waals surface area contributed by atoms with Gasteiger partial charge in [0.2, 0.25) is 0 Å². The van der Waals surface area contributed by atoms with E-state index in [4.69, 9.17) is 4.74 Å². The molecule has 4 nitrogen and oxygen atoms in total. The highest BCUT2D eigenvalue weighted by Gasteiger charge is 2.50. The van der Waals surface area contributed by atoms with Crippen LogP contribution in [0.3, 0.4) is 0 Å². The number of methoxy groups -OCH3 is 1. The van der Waals surface area contributed by atoms with Crippen molar-refractivity contribution in [1.29, 1.82) is 0 Å². The molecule has 1 aliphatic carbocycles. The van der Waals surface area contributed by atoms with E-state index in [1.165, 1.54) is 25.5 Å². The first-order chi connectivity index (χ1) is 10.2. The molecule has 1 aromatic rings. The Balaban J connectivity index is 1.59. The van der Waals surface area contributed by atoms with Gasteiger partial charge in [-0.05, 0) is 31.4 Å². The molecule has 0 aromatic heterocycles. The Labute approximate surface area is 126 Å². The average molecular weight is 288 g/mol. The molecule has 1 aliphatic heterocycles. The first-order valence-corrected chi connectivity index (χ1v) is 7.84. The molecule has 4 heteroatoms. The molecule has 114 valence electrons. The summed E-state index contributed by atoms with van der Waals surface area (Å²) in [6.07, 6.45) is 3.96. The van der Waals surface area contributed by atoms with E-state index in [-0.39, 0.29) is 5.97 Å². The van der Waals surface area contributed by atoms with Crippen molar-refractivity contribution in [3.8, 4) is 0 Å². The van der Waals surface area contributed by atoms with Gasteiger partial charge >= 0.3 is 5.97 Å². The molecule has 0 amide bonds. The van der Waals surface area contributed by atoms with Crippen LogP contribution in [0, 0.1) is 0 Å². The topological polar surface area (TPSA) is 41.6 Å². The fourth-order valence-corrected chi connectivity index (χ4v) is 3.29. The Morgan fingerprint density at radius 2 is 2.14 bits per heavy atom. The van der Waals surface area contributed by atoms with Crippen LogP contribution in [0.5, 0.6) is 0 Å². The molecule has 1 heterocycles. The fourth-order valence-electron chi connectivity index (χ4n) is 3.29. The summed E-state index contributed by atoms with van der Waals surface area (Å²) in [4.78, 5) is 13.9. The van der Waals surface area contributed by atoms with Crippen molar-refractivity contribution < 1.29 is 9.53 Å². The van der Waals surface area contributed by atoms with E-state index in [2.05, 4.69) is 40.5 Å². The zero-order valence-electron chi connectivity index (χ0n) is 12.7. The molecule has 1 N–H and O–H groups in total. The van der Waals surface area contributed by atoms with Crippen molar-refractivity contribution in [3.05, 3.63) is 35.9 Å². The van der Waals surface area contributed by atoms with Gasteiger partial charge in [0.25, 0.3) is 0 Å². The highest BCUT2D eigenvalue weighted by molar-refractivity contribution is 5.69. The summed E-state index contributed by atoms with van der Waals surface area (Å²) in [5, 5.41) is 3.70. The Morgan fingerprint density at radius 3 is 2.81 bits per heavy atom. The normalized spacial score (nSPS) is 24.0. The maximum Gasteiger partial charge on any atom is 0.305 e. The number of ether oxygens (including phenoxy) is 1. The predicted octanol–water partition coefficient (Wildman–Crippen LogP) is 2.12. The molecule has 0 radical (unpaired) electrons. The van der Waals surface area contributed by atoms with E-state index in [1.807, 2.05) is 0 Å². The Hall–Kier alpha value is -1.39. The summed E-state index contributed by atoms with van der Waals surface area (Å²) in [5.74, 6) is -0.102. The van der Waals surface area contributed by atoms with Crippen molar-refractivity contribution in [3.63, 3.8) is 0 Å². The van der Waals surface area contributed by atoms with E-state index in [0.29, 0.717) is 18.0 Å². The van der Waals surface area contributed by atoms with Crippen LogP contribution in [-0.2, 0) is 9.53 Å². The molecule has 3 rings (SSSR count). The molecule has 0 unspecified atom stereocenters. The SMILES string of the molecule is COC(=O)CCCN1C[C@H](c2ccccc2)NCC12CC2. The van der Waals surface area contributed by atoms with E-state index < -0.39 is 0 Å². The average Bonchev–Trinajstić information content (AvgIpc) is 3.30. The van der Waals surface area contributed by atoms with E-state index in [0.717, 1.165) is 26.1 Å². The number of nitrogens with zero attached hydrogens (tertiary/aromatic N) is 1. The molecule has 2 aliphatic rings. The second-order valence-electron chi connectivity index (χ2n) is 6.19. The van der Waals surface area contributed by atoms with Crippen molar-refractivity contribution in [2.24, 2.45) is 0 Å². The van der Waals surface area contributed by atoms with Crippen LogP contribution < -0.4 is 5.32 Å². The minimum Gasteiger partial charge on any atom is -0.469 e. The molecular weight excluding hydrogens is 264 g/mol. The maximum absolute atomic E-state index is 11.3. The minimum absolute atomic E-state index is 0.102. The molecule has 1 saturated carbocycles. The summed E-state index contributed by atoms with van der Waals surface area (Å²) < 4.78 is 4.73. The van der Waals surface area contributed by atoms with Gasteiger partial charge in [-0.1, -0.05) is 30.3 Å². The van der Waals surface area contributed by atoms with Crippen LogP contribution in [0.25, 0.3) is 0 Å². The lowest BCUT2D eigenvalue weighted by Crippen LogP contribution is -2.54. The molecule has 1 atom stereocenters. The van der Waals surface area contributed by atoms with Crippen LogP contribution in [0.15, 0.2) is 30.3 Å². The van der Waals surface area contributed by atoms with Crippen molar-refractivity contribution >= 4 is 5.97 Å². The molecule has 1 saturated heterocycles. The Morgan fingerprint density at radius 1 is 1.38 bits per heavy atom. The number of carbonyl (C=O) groups excluding carboxylic acids is 1. The van der Waals surface area contributed by atoms with Crippen molar-refractivity contribution in [2.75, 3.05) is 26.7 Å². The lowest BCUT2D eigenvalue weighted by molar-refractivity contribution is -0.140. The minimum atomic E-state index is -0.102. The largest absolute Gasteiger partial charge is 0.469 e. The summed E-state index contributed by atoms with van der Waals surface area (Å²) in [6.45, 7) is 3.08.